The molecule has 5 nitrogen and oxygen atoms in total. The van der Waals surface area contributed by atoms with E-state index in [1.807, 2.05) is 43.0 Å². The average molecular weight is 332 g/mol. The molecule has 5 heteroatoms. The van der Waals surface area contributed by atoms with Crippen molar-refractivity contribution in [1.29, 1.82) is 0 Å². The maximum atomic E-state index is 12.5. The molecule has 1 aromatic carbocycles. The van der Waals surface area contributed by atoms with Crippen LogP contribution in [0.5, 0.6) is 5.75 Å². The number of amides is 2. The molecule has 0 bridgehead atoms. The van der Waals surface area contributed by atoms with E-state index >= 15 is 0 Å². The Morgan fingerprint density at radius 1 is 1.21 bits per heavy atom. The van der Waals surface area contributed by atoms with Gasteiger partial charge in [0.2, 0.25) is 11.8 Å². The first-order valence-electron chi connectivity index (χ1n) is 8.69. The largest absolute Gasteiger partial charge is 0.491 e. The maximum Gasteiger partial charge on any atom is 0.242 e. The number of piperidine rings is 1. The SMILES string of the molecule is CC(=O)N(CC(=O)N1CCC(C)CC1)c1ccc(OC(C)C)cc1. The smallest absolute Gasteiger partial charge is 0.242 e. The molecule has 1 heterocycles. The zero-order chi connectivity index (χ0) is 17.7. The van der Waals surface area contributed by atoms with Crippen molar-refractivity contribution in [2.45, 2.75) is 46.6 Å². The number of benzene rings is 1. The van der Waals surface area contributed by atoms with Gasteiger partial charge in [0.1, 0.15) is 12.3 Å². The van der Waals surface area contributed by atoms with Crippen LogP contribution in [-0.4, -0.2) is 42.5 Å². The van der Waals surface area contributed by atoms with Crippen molar-refractivity contribution in [1.82, 2.24) is 4.90 Å². The molecular weight excluding hydrogens is 304 g/mol. The van der Waals surface area contributed by atoms with E-state index in [1.54, 1.807) is 0 Å². The highest BCUT2D eigenvalue weighted by atomic mass is 16.5. The monoisotopic (exact) mass is 332 g/mol. The topological polar surface area (TPSA) is 49.9 Å². The Morgan fingerprint density at radius 3 is 2.29 bits per heavy atom. The van der Waals surface area contributed by atoms with E-state index in [0.29, 0.717) is 5.92 Å². The fraction of sp³-hybridized carbons (Fsp3) is 0.579. The van der Waals surface area contributed by atoms with Gasteiger partial charge in [0.05, 0.1) is 6.10 Å². The van der Waals surface area contributed by atoms with Crippen molar-refractivity contribution in [2.24, 2.45) is 5.92 Å². The molecule has 1 aromatic rings. The standard InChI is InChI=1S/C19H28N2O3/c1-14(2)24-18-7-5-17(6-8-18)21(16(4)22)13-19(23)20-11-9-15(3)10-12-20/h5-8,14-15H,9-13H2,1-4H3. The van der Waals surface area contributed by atoms with Crippen LogP contribution in [0, 0.1) is 5.92 Å². The van der Waals surface area contributed by atoms with Crippen molar-refractivity contribution in [3.05, 3.63) is 24.3 Å². The number of hydrogen-bond donors (Lipinski definition) is 0. The van der Waals surface area contributed by atoms with Crippen molar-refractivity contribution in [3.63, 3.8) is 0 Å². The van der Waals surface area contributed by atoms with Crippen LogP contribution in [0.4, 0.5) is 5.69 Å². The molecule has 0 atom stereocenters. The molecule has 0 aromatic heterocycles. The molecule has 2 rings (SSSR count). The quantitative estimate of drug-likeness (QED) is 0.832. The molecule has 0 aliphatic carbocycles. The van der Waals surface area contributed by atoms with Crippen LogP contribution in [-0.2, 0) is 9.59 Å². The van der Waals surface area contributed by atoms with Crippen molar-refractivity contribution in [2.75, 3.05) is 24.5 Å². The molecule has 1 aliphatic heterocycles. The van der Waals surface area contributed by atoms with Gasteiger partial charge >= 0.3 is 0 Å². The van der Waals surface area contributed by atoms with Crippen LogP contribution in [0.25, 0.3) is 0 Å². The lowest BCUT2D eigenvalue weighted by atomic mass is 9.99. The van der Waals surface area contributed by atoms with Crippen LogP contribution in [0.1, 0.15) is 40.5 Å². The third kappa shape index (κ3) is 4.98. The number of nitrogens with zero attached hydrogens (tertiary/aromatic N) is 2. The number of carbonyl (C=O) groups is 2. The number of likely N-dealkylation sites (tertiary alicyclic amines) is 1. The zero-order valence-corrected chi connectivity index (χ0v) is 15.1. The summed E-state index contributed by atoms with van der Waals surface area (Å²) in [5.41, 5.74) is 0.720. The Morgan fingerprint density at radius 2 is 1.79 bits per heavy atom. The van der Waals surface area contributed by atoms with Gasteiger partial charge in [0, 0.05) is 25.7 Å². The van der Waals surface area contributed by atoms with Crippen LogP contribution in [0.15, 0.2) is 24.3 Å². The summed E-state index contributed by atoms with van der Waals surface area (Å²) in [6.07, 6.45) is 2.17. The minimum atomic E-state index is -0.133. The molecule has 0 saturated carbocycles. The summed E-state index contributed by atoms with van der Waals surface area (Å²) < 4.78 is 5.62. The summed E-state index contributed by atoms with van der Waals surface area (Å²) in [5.74, 6) is 1.31. The molecule has 1 aliphatic rings. The second-order valence-corrected chi connectivity index (χ2v) is 6.83. The van der Waals surface area contributed by atoms with E-state index in [9.17, 15) is 9.59 Å². The van der Waals surface area contributed by atoms with Gasteiger partial charge in [-0.3, -0.25) is 9.59 Å². The molecule has 0 radical (unpaired) electrons. The highest BCUT2D eigenvalue weighted by molar-refractivity contribution is 5.97. The summed E-state index contributed by atoms with van der Waals surface area (Å²) in [6.45, 7) is 9.30. The van der Waals surface area contributed by atoms with E-state index in [2.05, 4.69) is 6.92 Å². The minimum Gasteiger partial charge on any atom is -0.491 e. The van der Waals surface area contributed by atoms with Crippen molar-refractivity contribution in [3.8, 4) is 5.75 Å². The third-order valence-corrected chi connectivity index (χ3v) is 4.33. The van der Waals surface area contributed by atoms with Crippen LogP contribution in [0.3, 0.4) is 0 Å². The number of ether oxygens (including phenoxy) is 1. The summed E-state index contributed by atoms with van der Waals surface area (Å²) in [7, 11) is 0. The summed E-state index contributed by atoms with van der Waals surface area (Å²) in [4.78, 5) is 27.9. The Bertz CT molecular complexity index is 560. The molecule has 1 fully saturated rings. The van der Waals surface area contributed by atoms with Gasteiger partial charge < -0.3 is 14.5 Å². The Hall–Kier alpha value is -2.04. The summed E-state index contributed by atoms with van der Waals surface area (Å²) >= 11 is 0. The summed E-state index contributed by atoms with van der Waals surface area (Å²) in [5, 5.41) is 0. The molecule has 0 N–H and O–H groups in total. The first-order valence-corrected chi connectivity index (χ1v) is 8.69. The first kappa shape index (κ1) is 18.3. The van der Waals surface area contributed by atoms with Gasteiger partial charge in [-0.1, -0.05) is 6.92 Å². The lowest BCUT2D eigenvalue weighted by Crippen LogP contribution is -2.45. The molecule has 132 valence electrons. The zero-order valence-electron chi connectivity index (χ0n) is 15.1. The van der Waals surface area contributed by atoms with E-state index < -0.39 is 0 Å². The molecule has 1 saturated heterocycles. The van der Waals surface area contributed by atoms with E-state index in [1.165, 1.54) is 11.8 Å². The predicted octanol–water partition coefficient (Wildman–Crippen LogP) is 3.09. The molecule has 0 unspecified atom stereocenters. The highest BCUT2D eigenvalue weighted by Gasteiger charge is 2.23. The molecule has 24 heavy (non-hydrogen) atoms. The van der Waals surface area contributed by atoms with Crippen molar-refractivity contribution < 1.29 is 14.3 Å². The number of carbonyl (C=O) groups excluding carboxylic acids is 2. The number of rotatable bonds is 5. The summed E-state index contributed by atoms with van der Waals surface area (Å²) in [6, 6.07) is 7.31. The van der Waals surface area contributed by atoms with Gasteiger partial charge in [-0.15, -0.1) is 0 Å². The molecule has 0 spiro atoms. The normalized spacial score (nSPS) is 15.5. The molecular formula is C19H28N2O3. The Labute approximate surface area is 144 Å². The van der Waals surface area contributed by atoms with Crippen LogP contribution >= 0.6 is 0 Å². The van der Waals surface area contributed by atoms with Gasteiger partial charge in [0.15, 0.2) is 0 Å². The second kappa shape index (κ2) is 8.18. The fourth-order valence-electron chi connectivity index (χ4n) is 2.85. The maximum absolute atomic E-state index is 12.5. The lowest BCUT2D eigenvalue weighted by molar-refractivity contribution is -0.132. The Balaban J connectivity index is 2.03. The minimum absolute atomic E-state index is 0.0135. The van der Waals surface area contributed by atoms with E-state index in [4.69, 9.17) is 4.74 Å². The molecule has 2 amide bonds. The number of hydrogen-bond acceptors (Lipinski definition) is 3. The Kier molecular flexibility index (Phi) is 6.23. The van der Waals surface area contributed by atoms with Gasteiger partial charge in [-0.2, -0.15) is 0 Å². The number of anilines is 1. The van der Waals surface area contributed by atoms with Gasteiger partial charge in [0.25, 0.3) is 0 Å². The predicted molar refractivity (Wildman–Crippen MR) is 95.2 cm³/mol. The van der Waals surface area contributed by atoms with Crippen LogP contribution < -0.4 is 9.64 Å². The third-order valence-electron chi connectivity index (χ3n) is 4.33. The average Bonchev–Trinajstić information content (AvgIpc) is 2.53. The van der Waals surface area contributed by atoms with Gasteiger partial charge in [-0.25, -0.2) is 0 Å². The van der Waals surface area contributed by atoms with Gasteiger partial charge in [-0.05, 0) is 56.9 Å². The van der Waals surface area contributed by atoms with E-state index in [-0.39, 0.29) is 24.5 Å². The van der Waals surface area contributed by atoms with Crippen LogP contribution in [0.2, 0.25) is 0 Å². The first-order chi connectivity index (χ1) is 11.4. The van der Waals surface area contributed by atoms with Crippen molar-refractivity contribution >= 4 is 17.5 Å². The fourth-order valence-corrected chi connectivity index (χ4v) is 2.85. The lowest BCUT2D eigenvalue weighted by Gasteiger charge is -2.32. The second-order valence-electron chi connectivity index (χ2n) is 6.83. The van der Waals surface area contributed by atoms with E-state index in [0.717, 1.165) is 37.4 Å². The highest BCUT2D eigenvalue weighted by Crippen LogP contribution is 2.21.